The Labute approximate surface area is 98.3 Å². The van der Waals surface area contributed by atoms with E-state index in [1.54, 1.807) is 6.92 Å². The molecule has 0 radical (unpaired) electrons. The summed E-state index contributed by atoms with van der Waals surface area (Å²) < 4.78 is 0. The molecule has 1 aliphatic heterocycles. The molecule has 17 heavy (non-hydrogen) atoms. The number of urea groups is 1. The minimum atomic E-state index is -1.38. The molecule has 4 amide bonds. The standard InChI is InChI=1S/C10H14N4O3/c1-4-7(15)12-10(13-8(16)5-2)6(3)11-9(17)14-10/h4-6H,1-2H2,3H3,(H,12,15)(H,13,16)(H2,11,14,17). The Morgan fingerprint density at radius 2 is 1.76 bits per heavy atom. The molecule has 0 aromatic carbocycles. The molecule has 0 bridgehead atoms. The average Bonchev–Trinajstić information content (AvgIpc) is 2.53. The first kappa shape index (κ1) is 12.8. The monoisotopic (exact) mass is 238 g/mol. The normalized spacial score (nSPS) is 20.8. The van der Waals surface area contributed by atoms with Crippen molar-refractivity contribution in [2.45, 2.75) is 18.8 Å². The van der Waals surface area contributed by atoms with Crippen molar-refractivity contribution in [1.82, 2.24) is 21.3 Å². The fourth-order valence-corrected chi connectivity index (χ4v) is 1.43. The molecule has 1 atom stereocenters. The molecule has 0 saturated carbocycles. The van der Waals surface area contributed by atoms with Gasteiger partial charge in [-0.15, -0.1) is 0 Å². The molecule has 1 unspecified atom stereocenters. The molecule has 1 saturated heterocycles. The van der Waals surface area contributed by atoms with Gasteiger partial charge in [-0.3, -0.25) is 14.9 Å². The second-order valence-corrected chi connectivity index (χ2v) is 3.51. The molecule has 7 heteroatoms. The number of carbonyl (C=O) groups is 3. The fraction of sp³-hybridized carbons (Fsp3) is 0.300. The van der Waals surface area contributed by atoms with E-state index in [1.165, 1.54) is 0 Å². The lowest BCUT2D eigenvalue weighted by Crippen LogP contribution is -2.71. The maximum atomic E-state index is 11.3. The Bertz CT molecular complexity index is 369. The van der Waals surface area contributed by atoms with E-state index in [2.05, 4.69) is 34.4 Å². The van der Waals surface area contributed by atoms with Crippen LogP contribution in [0.1, 0.15) is 6.92 Å². The van der Waals surface area contributed by atoms with Crippen molar-refractivity contribution in [3.8, 4) is 0 Å². The van der Waals surface area contributed by atoms with Gasteiger partial charge in [0.15, 0.2) is 0 Å². The quantitative estimate of drug-likeness (QED) is 0.371. The highest BCUT2D eigenvalue weighted by Gasteiger charge is 2.46. The minimum Gasteiger partial charge on any atom is -0.329 e. The number of hydrogen-bond acceptors (Lipinski definition) is 3. The summed E-state index contributed by atoms with van der Waals surface area (Å²) in [6, 6.07) is -1.02. The van der Waals surface area contributed by atoms with Gasteiger partial charge in [-0.1, -0.05) is 13.2 Å². The highest BCUT2D eigenvalue weighted by Crippen LogP contribution is 2.09. The summed E-state index contributed by atoms with van der Waals surface area (Å²) in [5, 5.41) is 9.87. The van der Waals surface area contributed by atoms with Gasteiger partial charge in [-0.2, -0.15) is 0 Å². The van der Waals surface area contributed by atoms with Crippen molar-refractivity contribution in [1.29, 1.82) is 0 Å². The van der Waals surface area contributed by atoms with Crippen LogP contribution in [-0.2, 0) is 9.59 Å². The van der Waals surface area contributed by atoms with E-state index in [4.69, 9.17) is 0 Å². The summed E-state index contributed by atoms with van der Waals surface area (Å²) in [6.07, 6.45) is 2.08. The van der Waals surface area contributed by atoms with E-state index < -0.39 is 29.7 Å². The van der Waals surface area contributed by atoms with E-state index in [-0.39, 0.29) is 0 Å². The summed E-state index contributed by atoms with van der Waals surface area (Å²) in [5.41, 5.74) is 0. The lowest BCUT2D eigenvalue weighted by Gasteiger charge is -2.33. The van der Waals surface area contributed by atoms with E-state index in [1.807, 2.05) is 0 Å². The molecule has 7 nitrogen and oxygen atoms in total. The molecule has 1 heterocycles. The van der Waals surface area contributed by atoms with Gasteiger partial charge in [-0.05, 0) is 19.1 Å². The van der Waals surface area contributed by atoms with Gasteiger partial charge in [0.05, 0.1) is 6.04 Å². The molecule has 0 aromatic rings. The zero-order chi connectivity index (χ0) is 13.1. The Balaban J connectivity index is 2.95. The second kappa shape index (κ2) is 4.69. The SMILES string of the molecule is C=CC(=O)NC1(NC(=O)C=C)NC(=O)NC1C. The van der Waals surface area contributed by atoms with Crippen molar-refractivity contribution < 1.29 is 14.4 Å². The molecule has 1 aliphatic rings. The van der Waals surface area contributed by atoms with Crippen molar-refractivity contribution in [2.75, 3.05) is 0 Å². The van der Waals surface area contributed by atoms with Crippen LogP contribution >= 0.6 is 0 Å². The Morgan fingerprint density at radius 3 is 2.06 bits per heavy atom. The van der Waals surface area contributed by atoms with Crippen LogP contribution in [0.4, 0.5) is 4.79 Å². The van der Waals surface area contributed by atoms with Gasteiger partial charge < -0.3 is 16.0 Å². The fourth-order valence-electron chi connectivity index (χ4n) is 1.43. The Morgan fingerprint density at radius 1 is 1.29 bits per heavy atom. The van der Waals surface area contributed by atoms with E-state index in [0.717, 1.165) is 12.2 Å². The van der Waals surface area contributed by atoms with Crippen LogP contribution in [-0.4, -0.2) is 29.7 Å². The van der Waals surface area contributed by atoms with Crippen LogP contribution in [0.15, 0.2) is 25.3 Å². The molecule has 4 N–H and O–H groups in total. The zero-order valence-corrected chi connectivity index (χ0v) is 9.37. The highest BCUT2D eigenvalue weighted by molar-refractivity contribution is 5.92. The predicted molar refractivity (Wildman–Crippen MR) is 60.5 cm³/mol. The summed E-state index contributed by atoms with van der Waals surface area (Å²) in [5.74, 6) is -2.43. The third-order valence-corrected chi connectivity index (χ3v) is 2.32. The maximum Gasteiger partial charge on any atom is 0.318 e. The zero-order valence-electron chi connectivity index (χ0n) is 9.37. The van der Waals surface area contributed by atoms with Gasteiger partial charge in [0.1, 0.15) is 0 Å². The van der Waals surface area contributed by atoms with Crippen LogP contribution in [0.2, 0.25) is 0 Å². The third kappa shape index (κ3) is 2.63. The molecular weight excluding hydrogens is 224 g/mol. The topological polar surface area (TPSA) is 99.3 Å². The van der Waals surface area contributed by atoms with Crippen LogP contribution < -0.4 is 21.3 Å². The van der Waals surface area contributed by atoms with Gasteiger partial charge >= 0.3 is 6.03 Å². The number of hydrogen-bond donors (Lipinski definition) is 4. The predicted octanol–water partition coefficient (Wildman–Crippen LogP) is -1.05. The summed E-state index contributed by atoms with van der Waals surface area (Å²) in [4.78, 5) is 33.9. The third-order valence-electron chi connectivity index (χ3n) is 2.32. The highest BCUT2D eigenvalue weighted by atomic mass is 16.2. The lowest BCUT2D eigenvalue weighted by molar-refractivity contribution is -0.122. The van der Waals surface area contributed by atoms with E-state index in [9.17, 15) is 14.4 Å². The second-order valence-electron chi connectivity index (χ2n) is 3.51. The van der Waals surface area contributed by atoms with Crippen LogP contribution in [0.5, 0.6) is 0 Å². The molecule has 1 rings (SSSR count). The largest absolute Gasteiger partial charge is 0.329 e. The van der Waals surface area contributed by atoms with Crippen LogP contribution in [0, 0.1) is 0 Å². The summed E-state index contributed by atoms with van der Waals surface area (Å²) in [6.45, 7) is 8.23. The Hall–Kier alpha value is -2.31. The van der Waals surface area contributed by atoms with Crippen molar-refractivity contribution >= 4 is 17.8 Å². The van der Waals surface area contributed by atoms with Crippen LogP contribution in [0.25, 0.3) is 0 Å². The van der Waals surface area contributed by atoms with Gasteiger partial charge in [0.2, 0.25) is 17.6 Å². The van der Waals surface area contributed by atoms with Crippen molar-refractivity contribution in [3.63, 3.8) is 0 Å². The smallest absolute Gasteiger partial charge is 0.318 e. The van der Waals surface area contributed by atoms with Gasteiger partial charge in [0.25, 0.3) is 0 Å². The molecule has 0 aliphatic carbocycles. The van der Waals surface area contributed by atoms with E-state index >= 15 is 0 Å². The maximum absolute atomic E-state index is 11.3. The molecule has 0 aromatic heterocycles. The molecular formula is C10H14N4O3. The summed E-state index contributed by atoms with van der Waals surface area (Å²) in [7, 11) is 0. The number of nitrogens with one attached hydrogen (secondary N) is 4. The molecule has 1 fully saturated rings. The average molecular weight is 238 g/mol. The molecule has 92 valence electrons. The van der Waals surface area contributed by atoms with Gasteiger partial charge in [0, 0.05) is 0 Å². The van der Waals surface area contributed by atoms with E-state index in [0.29, 0.717) is 0 Å². The lowest BCUT2D eigenvalue weighted by atomic mass is 10.1. The molecule has 0 spiro atoms. The summed E-state index contributed by atoms with van der Waals surface area (Å²) >= 11 is 0. The van der Waals surface area contributed by atoms with Crippen LogP contribution in [0.3, 0.4) is 0 Å². The first-order valence-electron chi connectivity index (χ1n) is 4.91. The first-order valence-corrected chi connectivity index (χ1v) is 4.91. The Kier molecular flexibility index (Phi) is 3.52. The first-order chi connectivity index (χ1) is 7.93. The minimum absolute atomic E-state index is 0.494. The van der Waals surface area contributed by atoms with Gasteiger partial charge in [-0.25, -0.2) is 4.79 Å². The number of amides is 4. The number of carbonyl (C=O) groups excluding carboxylic acids is 3. The van der Waals surface area contributed by atoms with Crippen molar-refractivity contribution in [3.05, 3.63) is 25.3 Å². The number of rotatable bonds is 4. The van der Waals surface area contributed by atoms with Crippen molar-refractivity contribution in [2.24, 2.45) is 0 Å².